The van der Waals surface area contributed by atoms with E-state index in [1.807, 2.05) is 27.3 Å². The standard InChI is InChI=1S/C9H18NO/c1-5-6-7-10-8(11)9(2,3)4/h7H,5-6H2,1-4H3,(H,10,11). The highest BCUT2D eigenvalue weighted by Crippen LogP contribution is 2.12. The first kappa shape index (κ1) is 10.5. The van der Waals surface area contributed by atoms with Crippen LogP contribution >= 0.6 is 0 Å². The largest absolute Gasteiger partial charge is 0.351 e. The molecule has 2 nitrogen and oxygen atoms in total. The zero-order valence-electron chi connectivity index (χ0n) is 7.90. The van der Waals surface area contributed by atoms with Gasteiger partial charge in [0.05, 0.1) is 0 Å². The fraction of sp³-hybridized carbons (Fsp3) is 0.778. The Hall–Kier alpha value is -0.530. The molecule has 0 unspecified atom stereocenters. The molecule has 0 aromatic carbocycles. The average molecular weight is 156 g/mol. The van der Waals surface area contributed by atoms with Crippen molar-refractivity contribution in [3.8, 4) is 0 Å². The van der Waals surface area contributed by atoms with Crippen LogP contribution in [-0.2, 0) is 4.79 Å². The smallest absolute Gasteiger partial charge is 0.225 e. The monoisotopic (exact) mass is 156 g/mol. The van der Waals surface area contributed by atoms with E-state index in [0.717, 1.165) is 12.8 Å². The molecule has 0 spiro atoms. The second-order valence-corrected chi connectivity index (χ2v) is 3.72. The van der Waals surface area contributed by atoms with Crippen LogP contribution in [0.5, 0.6) is 0 Å². The van der Waals surface area contributed by atoms with Gasteiger partial charge in [-0.05, 0) is 6.42 Å². The second-order valence-electron chi connectivity index (χ2n) is 3.72. The summed E-state index contributed by atoms with van der Waals surface area (Å²) < 4.78 is 0. The molecule has 0 rings (SSSR count). The van der Waals surface area contributed by atoms with Gasteiger partial charge in [0, 0.05) is 12.0 Å². The zero-order chi connectivity index (χ0) is 8.91. The van der Waals surface area contributed by atoms with E-state index in [1.54, 1.807) is 0 Å². The van der Waals surface area contributed by atoms with Crippen LogP contribution in [0.2, 0.25) is 0 Å². The third kappa shape index (κ3) is 4.82. The van der Waals surface area contributed by atoms with Crippen molar-refractivity contribution in [2.24, 2.45) is 5.41 Å². The Kier molecular flexibility index (Phi) is 4.16. The lowest BCUT2D eigenvalue weighted by molar-refractivity contribution is -0.127. The van der Waals surface area contributed by atoms with Gasteiger partial charge in [0.25, 0.3) is 0 Å². The normalized spacial score (nSPS) is 11.3. The first-order chi connectivity index (χ1) is 4.98. The molecule has 2 heteroatoms. The summed E-state index contributed by atoms with van der Waals surface area (Å²) in [4.78, 5) is 11.2. The van der Waals surface area contributed by atoms with Crippen molar-refractivity contribution >= 4 is 5.91 Å². The highest BCUT2D eigenvalue weighted by atomic mass is 16.2. The van der Waals surface area contributed by atoms with Gasteiger partial charge in [-0.1, -0.05) is 34.1 Å². The van der Waals surface area contributed by atoms with Crippen LogP contribution in [0.15, 0.2) is 0 Å². The van der Waals surface area contributed by atoms with Gasteiger partial charge in [0.15, 0.2) is 0 Å². The van der Waals surface area contributed by atoms with E-state index in [0.29, 0.717) is 0 Å². The molecule has 1 amide bonds. The van der Waals surface area contributed by atoms with Crippen LogP contribution in [0.3, 0.4) is 0 Å². The molecule has 0 aliphatic heterocycles. The summed E-state index contributed by atoms with van der Waals surface area (Å²) in [5, 5.41) is 2.76. The third-order valence-corrected chi connectivity index (χ3v) is 1.35. The fourth-order valence-electron chi connectivity index (χ4n) is 0.526. The molecule has 0 aliphatic rings. The van der Waals surface area contributed by atoms with Gasteiger partial charge in [0.1, 0.15) is 0 Å². The lowest BCUT2D eigenvalue weighted by Crippen LogP contribution is -2.32. The zero-order valence-corrected chi connectivity index (χ0v) is 7.90. The van der Waals surface area contributed by atoms with E-state index in [1.165, 1.54) is 0 Å². The Balaban J connectivity index is 3.54. The Labute approximate surface area is 69.4 Å². The van der Waals surface area contributed by atoms with Crippen molar-refractivity contribution in [3.05, 3.63) is 6.54 Å². The maximum Gasteiger partial charge on any atom is 0.225 e. The highest BCUT2D eigenvalue weighted by molar-refractivity contribution is 5.81. The highest BCUT2D eigenvalue weighted by Gasteiger charge is 2.19. The molecule has 0 saturated heterocycles. The molecule has 0 aromatic heterocycles. The number of carbonyl (C=O) groups excluding carboxylic acids is 1. The van der Waals surface area contributed by atoms with Gasteiger partial charge in [0.2, 0.25) is 5.91 Å². The molecule has 1 radical (unpaired) electrons. The van der Waals surface area contributed by atoms with Gasteiger partial charge >= 0.3 is 0 Å². The topological polar surface area (TPSA) is 29.1 Å². The lowest BCUT2D eigenvalue weighted by Gasteiger charge is -2.16. The average Bonchev–Trinajstić information content (AvgIpc) is 1.86. The van der Waals surface area contributed by atoms with Crippen molar-refractivity contribution in [1.29, 1.82) is 0 Å². The summed E-state index contributed by atoms with van der Waals surface area (Å²) in [5.41, 5.74) is -0.274. The number of hydrogen-bond donors (Lipinski definition) is 1. The summed E-state index contributed by atoms with van der Waals surface area (Å²) in [6.07, 6.45) is 2.02. The predicted molar refractivity (Wildman–Crippen MR) is 46.8 cm³/mol. The minimum atomic E-state index is -0.274. The van der Waals surface area contributed by atoms with Gasteiger partial charge < -0.3 is 5.32 Å². The first-order valence-corrected chi connectivity index (χ1v) is 4.11. The van der Waals surface area contributed by atoms with Crippen LogP contribution in [0, 0.1) is 12.0 Å². The maximum atomic E-state index is 11.2. The van der Waals surface area contributed by atoms with E-state index >= 15 is 0 Å². The summed E-state index contributed by atoms with van der Waals surface area (Å²) in [7, 11) is 0. The van der Waals surface area contributed by atoms with Gasteiger partial charge in [-0.2, -0.15) is 0 Å². The molecule has 0 aliphatic carbocycles. The molecule has 0 fully saturated rings. The van der Waals surface area contributed by atoms with Crippen molar-refractivity contribution < 1.29 is 4.79 Å². The molecule has 11 heavy (non-hydrogen) atoms. The Morgan fingerprint density at radius 2 is 2.00 bits per heavy atom. The summed E-state index contributed by atoms with van der Waals surface area (Å²) in [5.74, 6) is 0.0888. The number of carbonyl (C=O) groups is 1. The Morgan fingerprint density at radius 1 is 1.45 bits per heavy atom. The SMILES string of the molecule is CCC[CH]NC(=O)C(C)(C)C. The number of nitrogens with one attached hydrogen (secondary N) is 1. The van der Waals surface area contributed by atoms with Crippen molar-refractivity contribution in [1.82, 2.24) is 5.32 Å². The molecule has 0 aromatic rings. The quantitative estimate of drug-likeness (QED) is 0.623. The predicted octanol–water partition coefficient (Wildman–Crippen LogP) is 2.11. The second kappa shape index (κ2) is 4.37. The maximum absolute atomic E-state index is 11.2. The van der Waals surface area contributed by atoms with Crippen LogP contribution in [0.25, 0.3) is 0 Å². The van der Waals surface area contributed by atoms with Crippen LogP contribution < -0.4 is 5.32 Å². The minimum Gasteiger partial charge on any atom is -0.351 e. The molecule has 0 atom stereocenters. The van der Waals surface area contributed by atoms with Crippen LogP contribution in [-0.4, -0.2) is 5.91 Å². The number of hydrogen-bond acceptors (Lipinski definition) is 1. The van der Waals surface area contributed by atoms with Crippen molar-refractivity contribution in [2.75, 3.05) is 0 Å². The Morgan fingerprint density at radius 3 is 2.36 bits per heavy atom. The molecular formula is C9H18NO. The fourth-order valence-corrected chi connectivity index (χ4v) is 0.526. The first-order valence-electron chi connectivity index (χ1n) is 4.11. The van der Waals surface area contributed by atoms with Crippen LogP contribution in [0.1, 0.15) is 40.5 Å². The van der Waals surface area contributed by atoms with E-state index < -0.39 is 0 Å². The minimum absolute atomic E-state index is 0.0888. The number of unbranched alkanes of at least 4 members (excludes halogenated alkanes) is 1. The Bertz CT molecular complexity index is 124. The molecule has 0 bridgehead atoms. The van der Waals surface area contributed by atoms with Gasteiger partial charge in [-0.15, -0.1) is 0 Å². The van der Waals surface area contributed by atoms with E-state index in [4.69, 9.17) is 0 Å². The summed E-state index contributed by atoms with van der Waals surface area (Å²) >= 11 is 0. The van der Waals surface area contributed by atoms with Gasteiger partial charge in [-0.25, -0.2) is 0 Å². The van der Waals surface area contributed by atoms with Crippen molar-refractivity contribution in [3.63, 3.8) is 0 Å². The van der Waals surface area contributed by atoms with Gasteiger partial charge in [-0.3, -0.25) is 4.79 Å². The molecule has 0 heterocycles. The number of amides is 1. The summed E-state index contributed by atoms with van der Waals surface area (Å²) in [6, 6.07) is 0. The molecule has 1 N–H and O–H groups in total. The van der Waals surface area contributed by atoms with Crippen LogP contribution in [0.4, 0.5) is 0 Å². The molecule has 0 saturated carbocycles. The van der Waals surface area contributed by atoms with Crippen molar-refractivity contribution in [2.45, 2.75) is 40.5 Å². The summed E-state index contributed by atoms with van der Waals surface area (Å²) in [6.45, 7) is 9.62. The van der Waals surface area contributed by atoms with E-state index in [2.05, 4.69) is 12.2 Å². The van der Waals surface area contributed by atoms with E-state index in [-0.39, 0.29) is 11.3 Å². The number of rotatable bonds is 3. The third-order valence-electron chi connectivity index (χ3n) is 1.35. The molecular weight excluding hydrogens is 138 g/mol. The lowest BCUT2D eigenvalue weighted by atomic mass is 9.96. The van der Waals surface area contributed by atoms with E-state index in [9.17, 15) is 4.79 Å². The molecule has 65 valence electrons.